The van der Waals surface area contributed by atoms with Gasteiger partial charge in [-0.15, -0.1) is 0 Å². The molecule has 0 spiro atoms. The third kappa shape index (κ3) is 4.72. The molecule has 1 rings (SSSR count). The highest BCUT2D eigenvalue weighted by Gasteiger charge is 2.25. The third-order valence-corrected chi connectivity index (χ3v) is 3.59. The van der Waals surface area contributed by atoms with Crippen LogP contribution in [0.3, 0.4) is 0 Å². The minimum Gasteiger partial charge on any atom is -0.372 e. The summed E-state index contributed by atoms with van der Waals surface area (Å²) in [4.78, 5) is 13.8. The quantitative estimate of drug-likeness (QED) is 0.793. The van der Waals surface area contributed by atoms with E-state index in [1.165, 1.54) is 0 Å². The summed E-state index contributed by atoms with van der Waals surface area (Å²) >= 11 is 1.61. The van der Waals surface area contributed by atoms with Gasteiger partial charge < -0.3 is 15.4 Å². The average molecular weight is 246 g/mol. The number of nitrogens with two attached hydrogens (primary N) is 1. The van der Waals surface area contributed by atoms with Gasteiger partial charge in [0.2, 0.25) is 5.91 Å². The second kappa shape index (κ2) is 6.47. The van der Waals surface area contributed by atoms with Crippen molar-refractivity contribution in [3.63, 3.8) is 0 Å². The summed E-state index contributed by atoms with van der Waals surface area (Å²) in [6, 6.07) is 0.153. The van der Waals surface area contributed by atoms with Gasteiger partial charge in [0, 0.05) is 24.9 Å². The van der Waals surface area contributed by atoms with Gasteiger partial charge in [-0.2, -0.15) is 11.8 Å². The number of ether oxygens (including phenoxy) is 1. The molecular weight excluding hydrogens is 224 g/mol. The first-order chi connectivity index (χ1) is 7.49. The molecule has 0 bridgehead atoms. The van der Waals surface area contributed by atoms with E-state index in [-0.39, 0.29) is 24.2 Å². The van der Waals surface area contributed by atoms with Crippen molar-refractivity contribution in [2.24, 2.45) is 5.73 Å². The lowest BCUT2D eigenvalue weighted by Crippen LogP contribution is -2.48. The van der Waals surface area contributed by atoms with Gasteiger partial charge in [0.05, 0.1) is 18.0 Å². The van der Waals surface area contributed by atoms with Crippen LogP contribution in [0.5, 0.6) is 0 Å². The molecule has 5 heteroatoms. The van der Waals surface area contributed by atoms with Crippen molar-refractivity contribution >= 4 is 17.7 Å². The zero-order valence-corrected chi connectivity index (χ0v) is 11.1. The van der Waals surface area contributed by atoms with Gasteiger partial charge in [-0.05, 0) is 20.8 Å². The fourth-order valence-electron chi connectivity index (χ4n) is 1.80. The molecule has 1 aliphatic heterocycles. The molecule has 0 aromatic heterocycles. The Morgan fingerprint density at radius 1 is 1.50 bits per heavy atom. The molecule has 3 atom stereocenters. The van der Waals surface area contributed by atoms with Crippen LogP contribution in [0.2, 0.25) is 0 Å². The van der Waals surface area contributed by atoms with E-state index >= 15 is 0 Å². The molecule has 1 heterocycles. The molecule has 16 heavy (non-hydrogen) atoms. The second-order valence-electron chi connectivity index (χ2n) is 4.55. The number of hydrogen-bond acceptors (Lipinski definition) is 4. The van der Waals surface area contributed by atoms with Gasteiger partial charge in [-0.25, -0.2) is 0 Å². The van der Waals surface area contributed by atoms with Crippen molar-refractivity contribution in [2.75, 3.05) is 24.6 Å². The highest BCUT2D eigenvalue weighted by Crippen LogP contribution is 2.12. The number of morpholine rings is 1. The maximum absolute atomic E-state index is 11.9. The molecule has 4 nitrogen and oxygen atoms in total. The van der Waals surface area contributed by atoms with E-state index < -0.39 is 0 Å². The summed E-state index contributed by atoms with van der Waals surface area (Å²) in [5, 5.41) is 0. The lowest BCUT2D eigenvalue weighted by Gasteiger charge is -2.35. The van der Waals surface area contributed by atoms with Crippen LogP contribution in [0.25, 0.3) is 0 Å². The topological polar surface area (TPSA) is 55.6 Å². The Labute approximate surface area is 102 Å². The zero-order valence-electron chi connectivity index (χ0n) is 10.3. The van der Waals surface area contributed by atoms with Gasteiger partial charge in [-0.1, -0.05) is 0 Å². The number of amides is 1. The minimum atomic E-state index is 0.145. The van der Waals surface area contributed by atoms with E-state index in [9.17, 15) is 4.79 Å². The lowest BCUT2D eigenvalue weighted by atomic mass is 10.2. The van der Waals surface area contributed by atoms with E-state index in [2.05, 4.69) is 0 Å². The third-order valence-electron chi connectivity index (χ3n) is 2.38. The van der Waals surface area contributed by atoms with Crippen LogP contribution in [-0.2, 0) is 9.53 Å². The molecular formula is C11H22N2O2S. The van der Waals surface area contributed by atoms with E-state index in [4.69, 9.17) is 10.5 Å². The Morgan fingerprint density at radius 3 is 2.56 bits per heavy atom. The normalized spacial score (nSPS) is 27.9. The number of carbonyl (C=O) groups is 1. The summed E-state index contributed by atoms with van der Waals surface area (Å²) in [5.41, 5.74) is 5.64. The Morgan fingerprint density at radius 2 is 2.06 bits per heavy atom. The van der Waals surface area contributed by atoms with E-state index in [0.29, 0.717) is 18.8 Å². The summed E-state index contributed by atoms with van der Waals surface area (Å²) in [5.74, 6) is 1.56. The van der Waals surface area contributed by atoms with Gasteiger partial charge in [0.15, 0.2) is 0 Å². The molecule has 0 aromatic carbocycles. The van der Waals surface area contributed by atoms with Gasteiger partial charge in [-0.3, -0.25) is 4.79 Å². The summed E-state index contributed by atoms with van der Waals surface area (Å²) in [6.07, 6.45) is 0.289. The molecule has 94 valence electrons. The Balaban J connectivity index is 2.30. The van der Waals surface area contributed by atoms with E-state index in [0.717, 1.165) is 5.75 Å². The molecule has 0 aromatic rings. The van der Waals surface area contributed by atoms with Crippen LogP contribution in [0, 0.1) is 0 Å². The van der Waals surface area contributed by atoms with Crippen LogP contribution in [0.15, 0.2) is 0 Å². The first-order valence-corrected chi connectivity index (χ1v) is 6.91. The molecule has 1 saturated heterocycles. The maximum Gasteiger partial charge on any atom is 0.232 e. The van der Waals surface area contributed by atoms with Crippen LogP contribution >= 0.6 is 11.8 Å². The standard InChI is InChI=1S/C11H22N2O2S/c1-8(12)6-16-7-11(14)13-4-9(2)15-10(3)5-13/h8-10H,4-7,12H2,1-3H3. The molecule has 2 N–H and O–H groups in total. The lowest BCUT2D eigenvalue weighted by molar-refractivity contribution is -0.140. The summed E-state index contributed by atoms with van der Waals surface area (Å²) in [6.45, 7) is 7.39. The van der Waals surface area contributed by atoms with Gasteiger partial charge >= 0.3 is 0 Å². The second-order valence-corrected chi connectivity index (χ2v) is 5.58. The summed E-state index contributed by atoms with van der Waals surface area (Å²) < 4.78 is 5.59. The van der Waals surface area contributed by atoms with Crippen molar-refractivity contribution in [3.8, 4) is 0 Å². The number of hydrogen-bond donors (Lipinski definition) is 1. The highest BCUT2D eigenvalue weighted by atomic mass is 32.2. The minimum absolute atomic E-state index is 0.145. The largest absolute Gasteiger partial charge is 0.372 e. The van der Waals surface area contributed by atoms with Crippen LogP contribution in [0.1, 0.15) is 20.8 Å². The highest BCUT2D eigenvalue weighted by molar-refractivity contribution is 7.99. The number of thioether (sulfide) groups is 1. The van der Waals surface area contributed by atoms with Crippen molar-refractivity contribution in [1.82, 2.24) is 4.90 Å². The molecule has 3 unspecified atom stereocenters. The fraction of sp³-hybridized carbons (Fsp3) is 0.909. The SMILES string of the molecule is CC(N)CSCC(=O)N1CC(C)OC(C)C1. The van der Waals surface area contributed by atoms with Crippen LogP contribution < -0.4 is 5.73 Å². The monoisotopic (exact) mass is 246 g/mol. The van der Waals surface area contributed by atoms with Gasteiger partial charge in [0.25, 0.3) is 0 Å². The van der Waals surface area contributed by atoms with E-state index in [1.807, 2.05) is 25.7 Å². The van der Waals surface area contributed by atoms with Crippen molar-refractivity contribution in [1.29, 1.82) is 0 Å². The van der Waals surface area contributed by atoms with E-state index in [1.54, 1.807) is 11.8 Å². The first-order valence-electron chi connectivity index (χ1n) is 5.75. The summed E-state index contributed by atoms with van der Waals surface area (Å²) in [7, 11) is 0. The Bertz CT molecular complexity index is 226. The predicted molar refractivity (Wildman–Crippen MR) is 67.6 cm³/mol. The molecule has 0 radical (unpaired) electrons. The predicted octanol–water partition coefficient (Wildman–Crippen LogP) is 0.703. The van der Waals surface area contributed by atoms with Gasteiger partial charge in [0.1, 0.15) is 0 Å². The average Bonchev–Trinajstić information content (AvgIpc) is 2.15. The number of nitrogens with zero attached hydrogens (tertiary/aromatic N) is 1. The maximum atomic E-state index is 11.9. The number of rotatable bonds is 4. The van der Waals surface area contributed by atoms with Crippen LogP contribution in [0.4, 0.5) is 0 Å². The molecule has 1 amide bonds. The van der Waals surface area contributed by atoms with Crippen molar-refractivity contribution in [2.45, 2.75) is 39.0 Å². The molecule has 0 saturated carbocycles. The fourth-order valence-corrected chi connectivity index (χ4v) is 2.65. The Kier molecular flexibility index (Phi) is 5.58. The smallest absolute Gasteiger partial charge is 0.232 e. The molecule has 0 aliphatic carbocycles. The molecule has 1 fully saturated rings. The van der Waals surface area contributed by atoms with Crippen molar-refractivity contribution < 1.29 is 9.53 Å². The van der Waals surface area contributed by atoms with Crippen molar-refractivity contribution in [3.05, 3.63) is 0 Å². The van der Waals surface area contributed by atoms with Crippen LogP contribution in [-0.4, -0.2) is 53.7 Å². The number of carbonyl (C=O) groups excluding carboxylic acids is 1. The Hall–Kier alpha value is -0.260. The zero-order chi connectivity index (χ0) is 12.1. The molecule has 1 aliphatic rings. The first kappa shape index (κ1) is 13.8.